The lowest BCUT2D eigenvalue weighted by Crippen LogP contribution is -2.25. The van der Waals surface area contributed by atoms with Gasteiger partial charge in [-0.25, -0.2) is 0 Å². The second-order valence-corrected chi connectivity index (χ2v) is 2.94. The summed E-state index contributed by atoms with van der Waals surface area (Å²) in [4.78, 5) is 13.2. The predicted octanol–water partition coefficient (Wildman–Crippen LogP) is 0.939. The molecule has 0 aromatic heterocycles. The van der Waals surface area contributed by atoms with Gasteiger partial charge in [0.25, 0.3) is 0 Å². The second kappa shape index (κ2) is 2.11. The van der Waals surface area contributed by atoms with E-state index in [1.54, 1.807) is 0 Å². The highest BCUT2D eigenvalue weighted by Crippen LogP contribution is 2.23. The normalized spacial score (nSPS) is 24.6. The van der Waals surface area contributed by atoms with Crippen LogP contribution in [0.3, 0.4) is 0 Å². The molecule has 0 aliphatic carbocycles. The van der Waals surface area contributed by atoms with Crippen molar-refractivity contribution in [3.8, 4) is 0 Å². The topological polar surface area (TPSA) is 20.3 Å². The van der Waals surface area contributed by atoms with Crippen molar-refractivity contribution in [2.45, 2.75) is 19.3 Å². The highest BCUT2D eigenvalue weighted by molar-refractivity contribution is 5.91. The zero-order valence-corrected chi connectivity index (χ0v) is 5.97. The number of carbonyl (C=O) groups excluding carboxylic acids is 1. The Balaban J connectivity index is 2.23. The Morgan fingerprint density at radius 3 is 3.10 bits per heavy atom. The molecule has 0 N–H and O–H groups in total. The van der Waals surface area contributed by atoms with Crippen LogP contribution in [-0.4, -0.2) is 23.8 Å². The summed E-state index contributed by atoms with van der Waals surface area (Å²) in [5.74, 6) is 0.313. The molecule has 1 saturated heterocycles. The van der Waals surface area contributed by atoms with Gasteiger partial charge in [-0.1, -0.05) is 0 Å². The Kier molecular flexibility index (Phi) is 1.26. The molecule has 0 spiro atoms. The summed E-state index contributed by atoms with van der Waals surface area (Å²) in [5.41, 5.74) is 1.27. The van der Waals surface area contributed by atoms with E-state index in [4.69, 9.17) is 0 Å². The molecule has 0 saturated carbocycles. The van der Waals surface area contributed by atoms with Crippen molar-refractivity contribution in [2.24, 2.45) is 0 Å². The third-order valence-corrected chi connectivity index (χ3v) is 2.22. The standard InChI is InChI=1S/C8H11NO/c10-8-3-5-9-4-1-2-7(9)6-8/h6H,1-5H2. The van der Waals surface area contributed by atoms with E-state index >= 15 is 0 Å². The van der Waals surface area contributed by atoms with Crippen LogP contribution in [0.5, 0.6) is 0 Å². The molecule has 54 valence electrons. The highest BCUT2D eigenvalue weighted by Gasteiger charge is 2.21. The molecular formula is C8H11NO. The van der Waals surface area contributed by atoms with Gasteiger partial charge in [0.1, 0.15) is 0 Å². The van der Waals surface area contributed by atoms with E-state index in [0.717, 1.165) is 19.4 Å². The first-order chi connectivity index (χ1) is 4.86. The van der Waals surface area contributed by atoms with Gasteiger partial charge in [-0.3, -0.25) is 4.79 Å². The summed E-state index contributed by atoms with van der Waals surface area (Å²) >= 11 is 0. The number of allylic oxidation sites excluding steroid dienone is 2. The van der Waals surface area contributed by atoms with Gasteiger partial charge in [-0.15, -0.1) is 0 Å². The molecule has 10 heavy (non-hydrogen) atoms. The fraction of sp³-hybridized carbons (Fsp3) is 0.625. The van der Waals surface area contributed by atoms with E-state index in [0.29, 0.717) is 5.78 Å². The number of hydrogen-bond donors (Lipinski definition) is 0. The number of hydrogen-bond acceptors (Lipinski definition) is 2. The highest BCUT2D eigenvalue weighted by atomic mass is 16.1. The number of nitrogens with zero attached hydrogens (tertiary/aromatic N) is 1. The molecule has 0 atom stereocenters. The van der Waals surface area contributed by atoms with Crippen LogP contribution in [0.2, 0.25) is 0 Å². The van der Waals surface area contributed by atoms with Crippen LogP contribution in [0, 0.1) is 0 Å². The van der Waals surface area contributed by atoms with Crippen molar-refractivity contribution in [1.29, 1.82) is 0 Å². The maximum absolute atomic E-state index is 10.9. The molecule has 0 radical (unpaired) electrons. The van der Waals surface area contributed by atoms with Gasteiger partial charge in [0.2, 0.25) is 0 Å². The van der Waals surface area contributed by atoms with Gasteiger partial charge in [0.15, 0.2) is 5.78 Å². The molecule has 0 aromatic rings. The molecule has 1 fully saturated rings. The Hall–Kier alpha value is -0.790. The first-order valence-electron chi connectivity index (χ1n) is 3.84. The largest absolute Gasteiger partial charge is 0.374 e. The van der Waals surface area contributed by atoms with E-state index in [9.17, 15) is 4.79 Å². The third kappa shape index (κ3) is 0.838. The molecule has 2 nitrogen and oxygen atoms in total. The maximum Gasteiger partial charge on any atom is 0.159 e. The molecule has 0 unspecified atom stereocenters. The van der Waals surface area contributed by atoms with Crippen molar-refractivity contribution in [3.63, 3.8) is 0 Å². The summed E-state index contributed by atoms with van der Waals surface area (Å²) in [6.45, 7) is 2.13. The smallest absolute Gasteiger partial charge is 0.159 e. The first-order valence-corrected chi connectivity index (χ1v) is 3.84. The van der Waals surface area contributed by atoms with E-state index in [-0.39, 0.29) is 0 Å². The monoisotopic (exact) mass is 137 g/mol. The van der Waals surface area contributed by atoms with Crippen molar-refractivity contribution in [1.82, 2.24) is 4.90 Å². The van der Waals surface area contributed by atoms with Crippen LogP contribution in [-0.2, 0) is 4.79 Å². The minimum Gasteiger partial charge on any atom is -0.374 e. The van der Waals surface area contributed by atoms with E-state index < -0.39 is 0 Å². The number of rotatable bonds is 0. The molecule has 0 bridgehead atoms. The van der Waals surface area contributed by atoms with Crippen LogP contribution in [0.4, 0.5) is 0 Å². The summed E-state index contributed by atoms with van der Waals surface area (Å²) in [6, 6.07) is 0. The SMILES string of the molecule is O=C1C=C2CCCN2CC1. The number of fused-ring (bicyclic) bond motifs is 1. The summed E-state index contributed by atoms with van der Waals surface area (Å²) in [7, 11) is 0. The summed E-state index contributed by atoms with van der Waals surface area (Å²) < 4.78 is 0. The average molecular weight is 137 g/mol. The van der Waals surface area contributed by atoms with Gasteiger partial charge in [0, 0.05) is 31.3 Å². The van der Waals surface area contributed by atoms with E-state index in [1.165, 1.54) is 18.7 Å². The lowest BCUT2D eigenvalue weighted by molar-refractivity contribution is -0.115. The van der Waals surface area contributed by atoms with Crippen LogP contribution >= 0.6 is 0 Å². The molecule has 0 amide bonds. The van der Waals surface area contributed by atoms with Gasteiger partial charge >= 0.3 is 0 Å². The lowest BCUT2D eigenvalue weighted by Gasteiger charge is -2.22. The van der Waals surface area contributed by atoms with Gasteiger partial charge < -0.3 is 4.90 Å². The molecular weight excluding hydrogens is 126 g/mol. The van der Waals surface area contributed by atoms with Crippen LogP contribution in [0.15, 0.2) is 11.8 Å². The van der Waals surface area contributed by atoms with E-state index in [1.807, 2.05) is 6.08 Å². The van der Waals surface area contributed by atoms with Crippen molar-refractivity contribution >= 4 is 5.78 Å². The fourth-order valence-corrected chi connectivity index (χ4v) is 1.67. The van der Waals surface area contributed by atoms with Crippen molar-refractivity contribution in [3.05, 3.63) is 11.8 Å². The molecule has 2 aliphatic heterocycles. The third-order valence-electron chi connectivity index (χ3n) is 2.22. The van der Waals surface area contributed by atoms with E-state index in [2.05, 4.69) is 4.90 Å². The van der Waals surface area contributed by atoms with Gasteiger partial charge in [-0.05, 0) is 12.8 Å². The van der Waals surface area contributed by atoms with Gasteiger partial charge in [0.05, 0.1) is 0 Å². The zero-order chi connectivity index (χ0) is 6.97. The average Bonchev–Trinajstić information content (AvgIpc) is 2.33. The molecule has 0 aromatic carbocycles. The molecule has 2 aliphatic rings. The minimum absolute atomic E-state index is 0.313. The zero-order valence-electron chi connectivity index (χ0n) is 5.97. The Morgan fingerprint density at radius 1 is 1.30 bits per heavy atom. The van der Waals surface area contributed by atoms with Crippen molar-refractivity contribution in [2.75, 3.05) is 13.1 Å². The first kappa shape index (κ1) is 5.96. The molecule has 2 rings (SSSR count). The van der Waals surface area contributed by atoms with Gasteiger partial charge in [-0.2, -0.15) is 0 Å². The Bertz CT molecular complexity index is 195. The van der Waals surface area contributed by atoms with Crippen LogP contribution in [0.1, 0.15) is 19.3 Å². The Labute approximate surface area is 60.5 Å². The quantitative estimate of drug-likeness (QED) is 0.495. The number of carbonyl (C=O) groups is 1. The summed E-state index contributed by atoms with van der Waals surface area (Å²) in [6.07, 6.45) is 4.89. The maximum atomic E-state index is 10.9. The lowest BCUT2D eigenvalue weighted by atomic mass is 10.1. The van der Waals surface area contributed by atoms with Crippen LogP contribution in [0.25, 0.3) is 0 Å². The number of ketones is 1. The Morgan fingerprint density at radius 2 is 2.20 bits per heavy atom. The fourth-order valence-electron chi connectivity index (χ4n) is 1.67. The minimum atomic E-state index is 0.313. The molecule has 2 heteroatoms. The molecule has 2 heterocycles. The second-order valence-electron chi connectivity index (χ2n) is 2.94. The predicted molar refractivity (Wildman–Crippen MR) is 38.5 cm³/mol. The van der Waals surface area contributed by atoms with Crippen LogP contribution < -0.4 is 0 Å². The summed E-state index contributed by atoms with van der Waals surface area (Å²) in [5, 5.41) is 0. The van der Waals surface area contributed by atoms with Crippen molar-refractivity contribution < 1.29 is 4.79 Å².